The molecule has 6 heteroatoms. The summed E-state index contributed by atoms with van der Waals surface area (Å²) in [5.74, 6) is 0.168. The van der Waals surface area contributed by atoms with Gasteiger partial charge in [-0.05, 0) is 24.6 Å². The van der Waals surface area contributed by atoms with Crippen LogP contribution in [-0.2, 0) is 0 Å². The zero-order valence-electron chi connectivity index (χ0n) is 8.30. The van der Waals surface area contributed by atoms with Crippen LogP contribution >= 0.6 is 24.8 Å². The Labute approximate surface area is 101 Å². The summed E-state index contributed by atoms with van der Waals surface area (Å²) in [4.78, 5) is 0. The Morgan fingerprint density at radius 1 is 1.47 bits per heavy atom. The van der Waals surface area contributed by atoms with Gasteiger partial charge < -0.3 is 16.3 Å². The molecule has 0 aliphatic heterocycles. The minimum Gasteiger partial charge on any atom is -0.409 e. The van der Waals surface area contributed by atoms with E-state index in [1.807, 2.05) is 31.2 Å². The first-order valence-electron chi connectivity index (χ1n) is 3.99. The first kappa shape index (κ1) is 16.3. The molecule has 4 N–H and O–H groups in total. The van der Waals surface area contributed by atoms with Crippen molar-refractivity contribution in [3.63, 3.8) is 0 Å². The second-order valence-corrected chi connectivity index (χ2v) is 2.81. The fourth-order valence-corrected chi connectivity index (χ4v) is 0.983. The molecule has 4 nitrogen and oxygen atoms in total. The molecular formula is C9H15Cl2N3O. The molecule has 15 heavy (non-hydrogen) atoms. The SMILES string of the molecule is Cc1cccc(NCC(N)=NO)c1.Cl.Cl. The van der Waals surface area contributed by atoms with Crippen LogP contribution in [0.4, 0.5) is 5.69 Å². The third-order valence-corrected chi connectivity index (χ3v) is 1.62. The molecule has 0 unspecified atom stereocenters. The van der Waals surface area contributed by atoms with Crippen molar-refractivity contribution in [2.75, 3.05) is 11.9 Å². The maximum absolute atomic E-state index is 8.29. The van der Waals surface area contributed by atoms with Crippen molar-refractivity contribution in [1.29, 1.82) is 0 Å². The molecule has 0 amide bonds. The molecule has 1 aromatic rings. The second-order valence-electron chi connectivity index (χ2n) is 2.81. The lowest BCUT2D eigenvalue weighted by Crippen LogP contribution is -2.22. The molecular weight excluding hydrogens is 237 g/mol. The fourth-order valence-electron chi connectivity index (χ4n) is 0.983. The van der Waals surface area contributed by atoms with Crippen LogP contribution in [0.25, 0.3) is 0 Å². The van der Waals surface area contributed by atoms with E-state index in [0.717, 1.165) is 5.69 Å². The van der Waals surface area contributed by atoms with E-state index in [9.17, 15) is 0 Å². The van der Waals surface area contributed by atoms with Crippen LogP contribution in [0.3, 0.4) is 0 Å². The van der Waals surface area contributed by atoms with Gasteiger partial charge in [0.2, 0.25) is 0 Å². The van der Waals surface area contributed by atoms with Gasteiger partial charge >= 0.3 is 0 Å². The highest BCUT2D eigenvalue weighted by atomic mass is 35.5. The lowest BCUT2D eigenvalue weighted by Gasteiger charge is -2.05. The normalized spacial score (nSPS) is 9.80. The minimum atomic E-state index is 0. The number of oxime groups is 1. The molecule has 0 atom stereocenters. The Morgan fingerprint density at radius 2 is 2.13 bits per heavy atom. The van der Waals surface area contributed by atoms with E-state index in [2.05, 4.69) is 10.5 Å². The molecule has 0 radical (unpaired) electrons. The number of hydrogen-bond acceptors (Lipinski definition) is 3. The maximum Gasteiger partial charge on any atom is 0.158 e. The van der Waals surface area contributed by atoms with Gasteiger partial charge in [0.15, 0.2) is 5.84 Å². The molecule has 0 saturated heterocycles. The summed E-state index contributed by atoms with van der Waals surface area (Å²) in [5.41, 5.74) is 7.43. The molecule has 0 fully saturated rings. The molecule has 0 heterocycles. The summed E-state index contributed by atoms with van der Waals surface area (Å²) >= 11 is 0. The second kappa shape index (κ2) is 8.20. The number of hydrogen-bond donors (Lipinski definition) is 3. The number of aryl methyl sites for hydroxylation is 1. The summed E-state index contributed by atoms with van der Waals surface area (Å²) in [6.45, 7) is 2.36. The van der Waals surface area contributed by atoms with Gasteiger partial charge in [-0.25, -0.2) is 0 Å². The van der Waals surface area contributed by atoms with Gasteiger partial charge in [-0.1, -0.05) is 17.3 Å². The highest BCUT2D eigenvalue weighted by Gasteiger charge is 1.93. The molecule has 0 aliphatic rings. The van der Waals surface area contributed by atoms with E-state index in [0.29, 0.717) is 6.54 Å². The average molecular weight is 252 g/mol. The van der Waals surface area contributed by atoms with E-state index >= 15 is 0 Å². The van der Waals surface area contributed by atoms with Crippen LogP contribution in [0.2, 0.25) is 0 Å². The van der Waals surface area contributed by atoms with Crippen molar-refractivity contribution in [3.8, 4) is 0 Å². The van der Waals surface area contributed by atoms with Gasteiger partial charge in [0.05, 0.1) is 6.54 Å². The van der Waals surface area contributed by atoms with Crippen LogP contribution < -0.4 is 11.1 Å². The summed E-state index contributed by atoms with van der Waals surface area (Å²) in [6.07, 6.45) is 0. The molecule has 0 aromatic heterocycles. The summed E-state index contributed by atoms with van der Waals surface area (Å²) < 4.78 is 0. The molecule has 0 bridgehead atoms. The molecule has 86 valence electrons. The van der Waals surface area contributed by atoms with Crippen molar-refractivity contribution < 1.29 is 5.21 Å². The zero-order valence-corrected chi connectivity index (χ0v) is 9.94. The lowest BCUT2D eigenvalue weighted by molar-refractivity contribution is 0.317. The van der Waals surface area contributed by atoms with E-state index in [1.165, 1.54) is 5.56 Å². The topological polar surface area (TPSA) is 70.6 Å². The number of amidine groups is 1. The number of rotatable bonds is 3. The number of benzene rings is 1. The highest BCUT2D eigenvalue weighted by molar-refractivity contribution is 5.85. The van der Waals surface area contributed by atoms with Gasteiger partial charge in [0.1, 0.15) is 0 Å². The van der Waals surface area contributed by atoms with Crippen LogP contribution in [0.1, 0.15) is 5.56 Å². The minimum absolute atomic E-state index is 0. The smallest absolute Gasteiger partial charge is 0.158 e. The van der Waals surface area contributed by atoms with E-state index in [-0.39, 0.29) is 30.6 Å². The number of nitrogens with two attached hydrogens (primary N) is 1. The van der Waals surface area contributed by atoms with Crippen molar-refractivity contribution in [1.82, 2.24) is 0 Å². The van der Waals surface area contributed by atoms with Crippen molar-refractivity contribution in [2.45, 2.75) is 6.92 Å². The maximum atomic E-state index is 8.29. The predicted octanol–water partition coefficient (Wildman–Crippen LogP) is 2.00. The van der Waals surface area contributed by atoms with Gasteiger partial charge in [-0.3, -0.25) is 0 Å². The molecule has 1 rings (SSSR count). The van der Waals surface area contributed by atoms with Gasteiger partial charge in [-0.2, -0.15) is 0 Å². The van der Waals surface area contributed by atoms with Crippen LogP contribution in [0, 0.1) is 6.92 Å². The van der Waals surface area contributed by atoms with Crippen molar-refractivity contribution in [2.24, 2.45) is 10.9 Å². The third-order valence-electron chi connectivity index (χ3n) is 1.62. The van der Waals surface area contributed by atoms with Gasteiger partial charge in [-0.15, -0.1) is 24.8 Å². The Bertz CT molecular complexity index is 318. The number of nitrogens with zero attached hydrogens (tertiary/aromatic N) is 1. The number of nitrogens with one attached hydrogen (secondary N) is 1. The Balaban J connectivity index is 0. The van der Waals surface area contributed by atoms with Crippen LogP contribution in [0.15, 0.2) is 29.4 Å². The van der Waals surface area contributed by atoms with E-state index in [4.69, 9.17) is 10.9 Å². The molecule has 0 spiro atoms. The Kier molecular flexibility index (Phi) is 8.91. The first-order valence-corrected chi connectivity index (χ1v) is 3.99. The standard InChI is InChI=1S/C9H13N3O.2ClH/c1-7-3-2-4-8(5-7)11-6-9(10)12-13;;/h2-5,11,13H,6H2,1H3,(H2,10,12);2*1H. The van der Waals surface area contributed by atoms with Gasteiger partial charge in [0, 0.05) is 5.69 Å². The average Bonchev–Trinajstić information content (AvgIpc) is 2.14. The predicted molar refractivity (Wildman–Crippen MR) is 67.6 cm³/mol. The summed E-state index contributed by atoms with van der Waals surface area (Å²) in [5, 5.41) is 14.2. The zero-order chi connectivity index (χ0) is 9.68. The lowest BCUT2D eigenvalue weighted by atomic mass is 10.2. The van der Waals surface area contributed by atoms with E-state index < -0.39 is 0 Å². The Hall–Kier alpha value is -1.13. The number of halogens is 2. The summed E-state index contributed by atoms with van der Waals surface area (Å²) in [7, 11) is 0. The summed E-state index contributed by atoms with van der Waals surface area (Å²) in [6, 6.07) is 7.88. The Morgan fingerprint density at radius 3 is 2.67 bits per heavy atom. The number of anilines is 1. The molecule has 0 saturated carbocycles. The van der Waals surface area contributed by atoms with Crippen molar-refractivity contribution in [3.05, 3.63) is 29.8 Å². The fraction of sp³-hybridized carbons (Fsp3) is 0.222. The van der Waals surface area contributed by atoms with Crippen LogP contribution in [-0.4, -0.2) is 17.6 Å². The van der Waals surface area contributed by atoms with Gasteiger partial charge in [0.25, 0.3) is 0 Å². The van der Waals surface area contributed by atoms with Crippen LogP contribution in [0.5, 0.6) is 0 Å². The highest BCUT2D eigenvalue weighted by Crippen LogP contribution is 2.08. The first-order chi connectivity index (χ1) is 6.22. The molecule has 0 aliphatic carbocycles. The molecule has 1 aromatic carbocycles. The quantitative estimate of drug-likeness (QED) is 0.333. The third kappa shape index (κ3) is 6.04. The van der Waals surface area contributed by atoms with E-state index in [1.54, 1.807) is 0 Å². The monoisotopic (exact) mass is 251 g/mol. The largest absolute Gasteiger partial charge is 0.409 e. The van der Waals surface area contributed by atoms with Crippen molar-refractivity contribution >= 4 is 36.3 Å².